The van der Waals surface area contributed by atoms with Crippen molar-refractivity contribution in [3.63, 3.8) is 0 Å². The maximum atomic E-state index is 12.5. The number of nitrogens with zero attached hydrogens (tertiary/aromatic N) is 2. The molecule has 0 atom stereocenters. The molecule has 26 heavy (non-hydrogen) atoms. The van der Waals surface area contributed by atoms with Crippen LogP contribution in [0.2, 0.25) is 0 Å². The molecule has 2 heterocycles. The van der Waals surface area contributed by atoms with Crippen molar-refractivity contribution in [2.45, 2.75) is 19.8 Å². The molecule has 8 nitrogen and oxygen atoms in total. The summed E-state index contributed by atoms with van der Waals surface area (Å²) in [5, 5.41) is 15.4. The summed E-state index contributed by atoms with van der Waals surface area (Å²) in [6.45, 7) is 2.58. The third-order valence-electron chi connectivity index (χ3n) is 4.37. The fraction of sp³-hybridized carbons (Fsp3) is 0.333. The number of likely N-dealkylation sites (tertiary alicyclic amines) is 1. The summed E-state index contributed by atoms with van der Waals surface area (Å²) in [6, 6.07) is 8.07. The van der Waals surface area contributed by atoms with E-state index in [4.69, 9.17) is 9.63 Å². The number of anilines is 1. The molecule has 1 fully saturated rings. The highest BCUT2D eigenvalue weighted by Gasteiger charge is 2.27. The molecule has 1 aromatic heterocycles. The van der Waals surface area contributed by atoms with E-state index in [0.717, 1.165) is 0 Å². The fourth-order valence-corrected chi connectivity index (χ4v) is 2.87. The van der Waals surface area contributed by atoms with Gasteiger partial charge in [-0.15, -0.1) is 0 Å². The Balaban J connectivity index is 1.59. The quantitative estimate of drug-likeness (QED) is 0.867. The molecule has 3 rings (SSSR count). The lowest BCUT2D eigenvalue weighted by molar-refractivity contribution is -0.143. The van der Waals surface area contributed by atoms with Crippen LogP contribution in [-0.4, -0.2) is 46.0 Å². The number of aliphatic carboxylic acids is 1. The second-order valence-electron chi connectivity index (χ2n) is 6.27. The van der Waals surface area contributed by atoms with Gasteiger partial charge in [0.15, 0.2) is 0 Å². The van der Waals surface area contributed by atoms with Crippen molar-refractivity contribution < 1.29 is 24.0 Å². The summed E-state index contributed by atoms with van der Waals surface area (Å²) in [6.07, 6.45) is 0.928. The Bertz CT molecular complexity index is 820. The van der Waals surface area contributed by atoms with Crippen molar-refractivity contribution in [2.75, 3.05) is 18.4 Å². The van der Waals surface area contributed by atoms with Crippen LogP contribution >= 0.6 is 0 Å². The fourth-order valence-electron chi connectivity index (χ4n) is 2.87. The molecule has 0 aliphatic carbocycles. The molecule has 0 spiro atoms. The average Bonchev–Trinajstić information content (AvgIpc) is 3.08. The summed E-state index contributed by atoms with van der Waals surface area (Å²) in [5.41, 5.74) is 1.64. The first-order valence-electron chi connectivity index (χ1n) is 8.31. The first-order valence-corrected chi connectivity index (χ1v) is 8.31. The van der Waals surface area contributed by atoms with Gasteiger partial charge >= 0.3 is 5.97 Å². The van der Waals surface area contributed by atoms with Gasteiger partial charge in [-0.2, -0.15) is 0 Å². The van der Waals surface area contributed by atoms with E-state index in [9.17, 15) is 14.4 Å². The van der Waals surface area contributed by atoms with Crippen LogP contribution in [0.1, 0.15) is 39.4 Å². The molecular formula is C18H19N3O5. The van der Waals surface area contributed by atoms with Crippen molar-refractivity contribution in [3.05, 3.63) is 47.3 Å². The molecule has 1 aliphatic rings. The molecule has 0 radical (unpaired) electrons. The molecule has 8 heteroatoms. The number of carbonyl (C=O) groups excluding carboxylic acids is 2. The number of amides is 2. The molecule has 2 N–H and O–H groups in total. The number of carboxylic acid groups (broad SMARTS) is 1. The van der Waals surface area contributed by atoms with E-state index in [-0.39, 0.29) is 17.6 Å². The number of carboxylic acids is 1. The van der Waals surface area contributed by atoms with Crippen LogP contribution in [0.4, 0.5) is 5.69 Å². The van der Waals surface area contributed by atoms with Gasteiger partial charge in [-0.1, -0.05) is 5.16 Å². The van der Waals surface area contributed by atoms with Crippen molar-refractivity contribution in [1.29, 1.82) is 0 Å². The maximum absolute atomic E-state index is 12.5. The molecule has 136 valence electrons. The highest BCUT2D eigenvalue weighted by Crippen LogP contribution is 2.20. The second kappa shape index (κ2) is 7.38. The topological polar surface area (TPSA) is 113 Å². The number of hydrogen-bond acceptors (Lipinski definition) is 5. The third-order valence-corrected chi connectivity index (χ3v) is 4.37. The number of hydrogen-bond donors (Lipinski definition) is 2. The van der Waals surface area contributed by atoms with Gasteiger partial charge in [-0.05, 0) is 44.0 Å². The number of nitrogens with one attached hydrogen (secondary N) is 1. The smallest absolute Gasteiger partial charge is 0.306 e. The van der Waals surface area contributed by atoms with Gasteiger partial charge in [0.2, 0.25) is 5.76 Å². The van der Waals surface area contributed by atoms with E-state index in [2.05, 4.69) is 10.5 Å². The van der Waals surface area contributed by atoms with E-state index in [0.29, 0.717) is 42.9 Å². The number of benzene rings is 1. The Morgan fingerprint density at radius 2 is 1.85 bits per heavy atom. The minimum Gasteiger partial charge on any atom is -0.481 e. The summed E-state index contributed by atoms with van der Waals surface area (Å²) >= 11 is 0. The van der Waals surface area contributed by atoms with E-state index in [1.165, 1.54) is 6.07 Å². The number of aromatic nitrogens is 1. The van der Waals surface area contributed by atoms with E-state index in [1.54, 1.807) is 36.1 Å². The van der Waals surface area contributed by atoms with Crippen LogP contribution in [0.15, 0.2) is 34.9 Å². The van der Waals surface area contributed by atoms with Crippen molar-refractivity contribution in [3.8, 4) is 0 Å². The number of rotatable bonds is 4. The Morgan fingerprint density at radius 3 is 2.38 bits per heavy atom. The summed E-state index contributed by atoms with van der Waals surface area (Å²) < 4.78 is 4.90. The lowest BCUT2D eigenvalue weighted by atomic mass is 9.96. The molecule has 0 unspecified atom stereocenters. The summed E-state index contributed by atoms with van der Waals surface area (Å²) in [7, 11) is 0. The molecule has 0 saturated carbocycles. The van der Waals surface area contributed by atoms with Crippen molar-refractivity contribution in [2.24, 2.45) is 5.92 Å². The maximum Gasteiger partial charge on any atom is 0.306 e. The monoisotopic (exact) mass is 357 g/mol. The molecule has 0 bridgehead atoms. The third kappa shape index (κ3) is 3.90. The molecule has 1 aromatic carbocycles. The van der Waals surface area contributed by atoms with E-state index >= 15 is 0 Å². The zero-order chi connectivity index (χ0) is 18.7. The molecule has 2 amide bonds. The van der Waals surface area contributed by atoms with Crippen LogP contribution in [-0.2, 0) is 4.79 Å². The van der Waals surface area contributed by atoms with Crippen LogP contribution < -0.4 is 5.32 Å². The average molecular weight is 357 g/mol. The Morgan fingerprint density at radius 1 is 1.19 bits per heavy atom. The van der Waals surface area contributed by atoms with Gasteiger partial charge in [0, 0.05) is 30.4 Å². The number of aryl methyl sites for hydroxylation is 1. The van der Waals surface area contributed by atoms with Crippen molar-refractivity contribution in [1.82, 2.24) is 10.1 Å². The molecule has 2 aromatic rings. The predicted molar refractivity (Wildman–Crippen MR) is 91.9 cm³/mol. The van der Waals surface area contributed by atoms with E-state index in [1.807, 2.05) is 0 Å². The summed E-state index contributed by atoms with van der Waals surface area (Å²) in [5.74, 6) is -1.63. The van der Waals surface area contributed by atoms with Crippen LogP contribution in [0.5, 0.6) is 0 Å². The Kier molecular flexibility index (Phi) is 5.01. The SMILES string of the molecule is Cc1cc(C(=O)Nc2ccc(C(=O)N3CCC(C(=O)O)CC3)cc2)on1. The minimum atomic E-state index is -0.806. The molecule has 1 aliphatic heterocycles. The second-order valence-corrected chi connectivity index (χ2v) is 6.27. The lowest BCUT2D eigenvalue weighted by Crippen LogP contribution is -2.40. The first kappa shape index (κ1) is 17.7. The van der Waals surface area contributed by atoms with Gasteiger partial charge in [-0.3, -0.25) is 14.4 Å². The van der Waals surface area contributed by atoms with Gasteiger partial charge in [0.1, 0.15) is 0 Å². The highest BCUT2D eigenvalue weighted by atomic mass is 16.5. The molecule has 1 saturated heterocycles. The number of carbonyl (C=O) groups is 3. The standard InChI is InChI=1S/C18H19N3O5/c1-11-10-15(26-20-11)16(22)19-14-4-2-12(3-5-14)17(23)21-8-6-13(7-9-21)18(24)25/h2-5,10,13H,6-9H2,1H3,(H,19,22)(H,24,25). The van der Waals surface area contributed by atoms with Crippen LogP contribution in [0.25, 0.3) is 0 Å². The Labute approximate surface area is 149 Å². The van der Waals surface area contributed by atoms with Crippen LogP contribution in [0.3, 0.4) is 0 Å². The number of piperidine rings is 1. The van der Waals surface area contributed by atoms with Gasteiger partial charge < -0.3 is 19.8 Å². The Hall–Kier alpha value is -3.16. The predicted octanol–water partition coefficient (Wildman–Crippen LogP) is 2.17. The van der Waals surface area contributed by atoms with Gasteiger partial charge in [0.05, 0.1) is 11.6 Å². The van der Waals surface area contributed by atoms with Gasteiger partial charge in [-0.25, -0.2) is 0 Å². The zero-order valence-corrected chi connectivity index (χ0v) is 14.3. The van der Waals surface area contributed by atoms with Crippen LogP contribution in [0, 0.1) is 12.8 Å². The highest BCUT2D eigenvalue weighted by molar-refractivity contribution is 6.02. The normalized spacial score (nSPS) is 14.9. The minimum absolute atomic E-state index is 0.115. The zero-order valence-electron chi connectivity index (χ0n) is 14.3. The largest absolute Gasteiger partial charge is 0.481 e. The van der Waals surface area contributed by atoms with Gasteiger partial charge in [0.25, 0.3) is 11.8 Å². The van der Waals surface area contributed by atoms with E-state index < -0.39 is 11.9 Å². The first-order chi connectivity index (χ1) is 12.4. The molecular weight excluding hydrogens is 338 g/mol. The summed E-state index contributed by atoms with van der Waals surface area (Å²) in [4.78, 5) is 37.2. The van der Waals surface area contributed by atoms with Crippen molar-refractivity contribution >= 4 is 23.5 Å². The lowest BCUT2D eigenvalue weighted by Gasteiger charge is -2.30.